The van der Waals surface area contributed by atoms with Gasteiger partial charge in [0.05, 0.1) is 7.11 Å². The molecule has 0 radical (unpaired) electrons. The number of methoxy groups -OCH3 is 1. The van der Waals surface area contributed by atoms with Crippen molar-refractivity contribution in [1.29, 1.82) is 0 Å². The molecule has 0 aliphatic rings. The number of hydrogen-bond donors (Lipinski definition) is 1. The number of ether oxygens (including phenoxy) is 1. The monoisotopic (exact) mass is 292 g/mol. The van der Waals surface area contributed by atoms with Crippen LogP contribution in [0, 0.1) is 5.92 Å². The highest BCUT2D eigenvalue weighted by Crippen LogP contribution is 2.27. The number of hydrogen-bond acceptors (Lipinski definition) is 3. The van der Waals surface area contributed by atoms with Crippen LogP contribution in [0.5, 0.6) is 5.75 Å². The average molecular weight is 292 g/mol. The summed E-state index contributed by atoms with van der Waals surface area (Å²) >= 11 is 0. The van der Waals surface area contributed by atoms with Crippen molar-refractivity contribution in [1.82, 2.24) is 4.90 Å². The van der Waals surface area contributed by atoms with Crippen LogP contribution in [-0.4, -0.2) is 31.1 Å². The third-order valence-electron chi connectivity index (χ3n) is 4.40. The first-order valence-electron chi connectivity index (χ1n) is 8.20. The maximum Gasteiger partial charge on any atom is 0.118 e. The van der Waals surface area contributed by atoms with E-state index in [2.05, 4.69) is 44.7 Å². The minimum absolute atomic E-state index is 0.104. The van der Waals surface area contributed by atoms with Gasteiger partial charge in [-0.05, 0) is 37.1 Å². The summed E-state index contributed by atoms with van der Waals surface area (Å²) in [5, 5.41) is 0. The molecule has 2 atom stereocenters. The molecule has 0 bridgehead atoms. The van der Waals surface area contributed by atoms with Crippen molar-refractivity contribution < 1.29 is 4.74 Å². The predicted molar refractivity (Wildman–Crippen MR) is 90.7 cm³/mol. The molecule has 0 aliphatic carbocycles. The molecule has 0 saturated carbocycles. The number of nitrogens with zero attached hydrogens (tertiary/aromatic N) is 1. The highest BCUT2D eigenvalue weighted by Gasteiger charge is 2.24. The zero-order chi connectivity index (χ0) is 15.8. The van der Waals surface area contributed by atoms with Gasteiger partial charge < -0.3 is 10.5 Å². The van der Waals surface area contributed by atoms with Crippen LogP contribution in [0.2, 0.25) is 0 Å². The summed E-state index contributed by atoms with van der Waals surface area (Å²) in [5.74, 6) is 1.63. The predicted octanol–water partition coefficient (Wildman–Crippen LogP) is 3.84. The van der Waals surface area contributed by atoms with Crippen molar-refractivity contribution in [2.24, 2.45) is 11.7 Å². The average Bonchev–Trinajstić information content (AvgIpc) is 2.51. The molecule has 1 aromatic carbocycles. The summed E-state index contributed by atoms with van der Waals surface area (Å²) < 4.78 is 5.25. The second-order valence-corrected chi connectivity index (χ2v) is 5.85. The van der Waals surface area contributed by atoms with E-state index < -0.39 is 0 Å². The van der Waals surface area contributed by atoms with Crippen molar-refractivity contribution in [3.63, 3.8) is 0 Å². The second-order valence-electron chi connectivity index (χ2n) is 5.85. The normalized spacial score (nSPS) is 14.5. The highest BCUT2D eigenvalue weighted by atomic mass is 16.5. The van der Waals surface area contributed by atoms with Crippen LogP contribution in [0.4, 0.5) is 0 Å². The minimum Gasteiger partial charge on any atom is -0.497 e. The van der Waals surface area contributed by atoms with Crippen LogP contribution in [-0.2, 0) is 0 Å². The molecule has 3 nitrogen and oxygen atoms in total. The van der Waals surface area contributed by atoms with Gasteiger partial charge in [-0.3, -0.25) is 4.90 Å². The molecular weight excluding hydrogens is 260 g/mol. The van der Waals surface area contributed by atoms with Crippen molar-refractivity contribution in [2.75, 3.05) is 20.2 Å². The molecule has 120 valence electrons. The van der Waals surface area contributed by atoms with Gasteiger partial charge in [0.15, 0.2) is 0 Å². The van der Waals surface area contributed by atoms with E-state index in [1.54, 1.807) is 7.11 Å². The molecule has 0 saturated heterocycles. The standard InChI is InChI=1S/C18H32N2O/c1-6-15(7-2)13-20(8-3)18(14(4)19)16-9-11-17(21-5)12-10-16/h9-12,14-15,18H,6-8,13,19H2,1-5H3. The molecule has 0 fully saturated rings. The van der Waals surface area contributed by atoms with Crippen LogP contribution in [0.1, 0.15) is 52.1 Å². The molecule has 0 spiro atoms. The molecule has 3 heteroatoms. The molecule has 21 heavy (non-hydrogen) atoms. The van der Waals surface area contributed by atoms with E-state index in [4.69, 9.17) is 10.5 Å². The molecule has 2 N–H and O–H groups in total. The lowest BCUT2D eigenvalue weighted by atomic mass is 9.96. The number of nitrogens with two attached hydrogens (primary N) is 1. The Labute approximate surface area is 130 Å². The molecular formula is C18H32N2O. The van der Waals surface area contributed by atoms with Gasteiger partial charge in [0.1, 0.15) is 5.75 Å². The van der Waals surface area contributed by atoms with Crippen LogP contribution in [0.15, 0.2) is 24.3 Å². The van der Waals surface area contributed by atoms with E-state index in [1.807, 2.05) is 12.1 Å². The molecule has 0 heterocycles. The Bertz CT molecular complexity index is 385. The van der Waals surface area contributed by atoms with E-state index in [0.717, 1.165) is 24.8 Å². The third kappa shape index (κ3) is 5.01. The smallest absolute Gasteiger partial charge is 0.118 e. The summed E-state index contributed by atoms with van der Waals surface area (Å²) in [6, 6.07) is 8.70. The Morgan fingerprint density at radius 1 is 1.10 bits per heavy atom. The number of rotatable bonds is 9. The van der Waals surface area contributed by atoms with E-state index in [0.29, 0.717) is 0 Å². The Kier molecular flexibility index (Phi) is 7.76. The Hall–Kier alpha value is -1.06. The summed E-state index contributed by atoms with van der Waals surface area (Å²) in [7, 11) is 1.70. The van der Waals surface area contributed by atoms with Crippen LogP contribution in [0.3, 0.4) is 0 Å². The second kappa shape index (κ2) is 9.06. The van der Waals surface area contributed by atoms with Crippen molar-refractivity contribution in [2.45, 2.75) is 52.6 Å². The first-order valence-corrected chi connectivity index (χ1v) is 8.20. The largest absolute Gasteiger partial charge is 0.497 e. The Balaban J connectivity index is 2.96. The zero-order valence-electron chi connectivity index (χ0n) is 14.3. The molecule has 1 rings (SSSR count). The summed E-state index contributed by atoms with van der Waals surface area (Å²) in [4.78, 5) is 2.52. The first kappa shape index (κ1) is 18.0. The fraction of sp³-hybridized carbons (Fsp3) is 0.667. The Morgan fingerprint density at radius 3 is 2.05 bits per heavy atom. The van der Waals surface area contributed by atoms with Gasteiger partial charge in [-0.25, -0.2) is 0 Å². The van der Waals surface area contributed by atoms with E-state index in [1.165, 1.54) is 18.4 Å². The summed E-state index contributed by atoms with van der Waals surface area (Å²) in [6.45, 7) is 11.0. The van der Waals surface area contributed by atoms with E-state index in [-0.39, 0.29) is 12.1 Å². The lowest BCUT2D eigenvalue weighted by Crippen LogP contribution is -2.41. The van der Waals surface area contributed by atoms with Gasteiger partial charge in [0.2, 0.25) is 0 Å². The first-order chi connectivity index (χ1) is 10.1. The molecule has 0 aromatic heterocycles. The van der Waals surface area contributed by atoms with Gasteiger partial charge in [0.25, 0.3) is 0 Å². The van der Waals surface area contributed by atoms with Crippen molar-refractivity contribution >= 4 is 0 Å². The van der Waals surface area contributed by atoms with Gasteiger partial charge in [-0.15, -0.1) is 0 Å². The minimum atomic E-state index is 0.104. The van der Waals surface area contributed by atoms with Crippen LogP contribution < -0.4 is 10.5 Å². The SMILES string of the molecule is CCC(CC)CN(CC)C(c1ccc(OC)cc1)C(C)N. The topological polar surface area (TPSA) is 38.5 Å². The Morgan fingerprint density at radius 2 is 1.67 bits per heavy atom. The molecule has 0 amide bonds. The lowest BCUT2D eigenvalue weighted by Gasteiger charge is -2.36. The number of likely N-dealkylation sites (N-methyl/N-ethyl adjacent to an activating group) is 1. The zero-order valence-corrected chi connectivity index (χ0v) is 14.3. The fourth-order valence-corrected chi connectivity index (χ4v) is 2.97. The molecule has 1 aromatic rings. The lowest BCUT2D eigenvalue weighted by molar-refractivity contribution is 0.153. The van der Waals surface area contributed by atoms with Gasteiger partial charge in [-0.1, -0.05) is 45.7 Å². The van der Waals surface area contributed by atoms with Gasteiger partial charge in [0, 0.05) is 18.6 Å². The van der Waals surface area contributed by atoms with Crippen LogP contribution >= 0.6 is 0 Å². The van der Waals surface area contributed by atoms with Crippen LogP contribution in [0.25, 0.3) is 0 Å². The number of benzene rings is 1. The van der Waals surface area contributed by atoms with Gasteiger partial charge in [-0.2, -0.15) is 0 Å². The third-order valence-corrected chi connectivity index (χ3v) is 4.40. The summed E-state index contributed by atoms with van der Waals surface area (Å²) in [6.07, 6.45) is 2.45. The maximum atomic E-state index is 6.30. The fourth-order valence-electron chi connectivity index (χ4n) is 2.97. The quantitative estimate of drug-likeness (QED) is 0.751. The van der Waals surface area contributed by atoms with E-state index in [9.17, 15) is 0 Å². The van der Waals surface area contributed by atoms with E-state index >= 15 is 0 Å². The molecule has 2 unspecified atom stereocenters. The highest BCUT2D eigenvalue weighted by molar-refractivity contribution is 5.30. The maximum absolute atomic E-state index is 6.30. The van der Waals surface area contributed by atoms with Gasteiger partial charge >= 0.3 is 0 Å². The summed E-state index contributed by atoms with van der Waals surface area (Å²) in [5.41, 5.74) is 7.58. The molecule has 0 aliphatic heterocycles. The van der Waals surface area contributed by atoms with Crippen molar-refractivity contribution in [3.8, 4) is 5.75 Å². The van der Waals surface area contributed by atoms with Crippen molar-refractivity contribution in [3.05, 3.63) is 29.8 Å².